The van der Waals surface area contributed by atoms with Crippen LogP contribution in [0.3, 0.4) is 0 Å². The van der Waals surface area contributed by atoms with Gasteiger partial charge in [0.15, 0.2) is 0 Å². The molecule has 0 aliphatic rings. The van der Waals surface area contributed by atoms with Crippen molar-refractivity contribution in [2.24, 2.45) is 0 Å². The summed E-state index contributed by atoms with van der Waals surface area (Å²) in [5.41, 5.74) is 0.259. The lowest BCUT2D eigenvalue weighted by Crippen LogP contribution is -2.15. The minimum absolute atomic E-state index is 0.0516. The van der Waals surface area contributed by atoms with Crippen molar-refractivity contribution >= 4 is 56.7 Å². The van der Waals surface area contributed by atoms with E-state index in [1.165, 1.54) is 24.3 Å². The van der Waals surface area contributed by atoms with Crippen LogP contribution in [-0.2, 0) is 0 Å². The molecule has 2 N–H and O–H groups in total. The first kappa shape index (κ1) is 15.8. The Labute approximate surface area is 138 Å². The lowest BCUT2D eigenvalue weighted by atomic mass is 10.1. The second-order valence-corrected chi connectivity index (χ2v) is 5.72. The van der Waals surface area contributed by atoms with Crippen molar-refractivity contribution in [1.29, 1.82) is 0 Å². The monoisotopic (exact) mass is 387 g/mol. The highest BCUT2D eigenvalue weighted by Gasteiger charge is 2.16. The van der Waals surface area contributed by atoms with Gasteiger partial charge in [-0.2, -0.15) is 0 Å². The zero-order valence-electron chi connectivity index (χ0n) is 10.4. The van der Waals surface area contributed by atoms with Crippen LogP contribution in [0.2, 0.25) is 10.0 Å². The molecule has 0 fully saturated rings. The number of halogens is 3. The number of carbonyl (C=O) groups is 2. The van der Waals surface area contributed by atoms with Gasteiger partial charge >= 0.3 is 5.97 Å². The molecule has 0 heterocycles. The van der Waals surface area contributed by atoms with Gasteiger partial charge in [-0.15, -0.1) is 0 Å². The van der Waals surface area contributed by atoms with Crippen LogP contribution in [0.15, 0.2) is 40.9 Å². The minimum Gasteiger partial charge on any atom is -0.478 e. The van der Waals surface area contributed by atoms with E-state index in [-0.39, 0.29) is 16.3 Å². The Balaban J connectivity index is 2.36. The molecule has 108 valence electrons. The number of hydrogen-bond donors (Lipinski definition) is 2. The van der Waals surface area contributed by atoms with Crippen LogP contribution in [0.1, 0.15) is 20.7 Å². The molecule has 7 heteroatoms. The second-order valence-electron chi connectivity index (χ2n) is 4.05. The van der Waals surface area contributed by atoms with E-state index >= 15 is 0 Å². The molecular formula is C14H8BrCl2NO3. The number of para-hydroxylation sites is 1. The zero-order chi connectivity index (χ0) is 15.6. The Hall–Kier alpha value is -1.56. The number of nitrogens with one attached hydrogen (secondary N) is 1. The highest BCUT2D eigenvalue weighted by molar-refractivity contribution is 9.10. The van der Waals surface area contributed by atoms with Crippen molar-refractivity contribution in [2.45, 2.75) is 0 Å². The standard InChI is InChI=1S/C14H8BrCl2NO3/c15-9-5-4-7(6-11(9)17)13(19)18-12-8(14(20)21)2-1-3-10(12)16/h1-6H,(H,18,19)(H,20,21). The summed E-state index contributed by atoms with van der Waals surface area (Å²) in [6, 6.07) is 9.01. The third kappa shape index (κ3) is 3.56. The molecule has 0 aliphatic heterocycles. The van der Waals surface area contributed by atoms with Crippen LogP contribution in [0.4, 0.5) is 5.69 Å². The van der Waals surface area contributed by atoms with Gasteiger partial charge in [0.25, 0.3) is 5.91 Å². The molecule has 4 nitrogen and oxygen atoms in total. The van der Waals surface area contributed by atoms with E-state index in [1.54, 1.807) is 12.1 Å². The van der Waals surface area contributed by atoms with Gasteiger partial charge in [0, 0.05) is 10.0 Å². The van der Waals surface area contributed by atoms with E-state index in [1.807, 2.05) is 0 Å². The van der Waals surface area contributed by atoms with Crippen molar-refractivity contribution in [3.63, 3.8) is 0 Å². The molecule has 0 spiro atoms. The first-order valence-electron chi connectivity index (χ1n) is 5.68. The third-order valence-electron chi connectivity index (χ3n) is 2.66. The number of carboxylic acid groups (broad SMARTS) is 1. The van der Waals surface area contributed by atoms with Crippen LogP contribution in [0.5, 0.6) is 0 Å². The summed E-state index contributed by atoms with van der Waals surface area (Å²) < 4.78 is 0.657. The van der Waals surface area contributed by atoms with Crippen LogP contribution >= 0.6 is 39.1 Å². The van der Waals surface area contributed by atoms with E-state index in [2.05, 4.69) is 21.2 Å². The first-order valence-corrected chi connectivity index (χ1v) is 7.23. The Morgan fingerprint density at radius 2 is 1.81 bits per heavy atom. The Kier molecular flexibility index (Phi) is 4.88. The fourth-order valence-electron chi connectivity index (χ4n) is 1.65. The lowest BCUT2D eigenvalue weighted by molar-refractivity contribution is 0.0698. The van der Waals surface area contributed by atoms with Gasteiger partial charge in [-0.3, -0.25) is 4.79 Å². The Morgan fingerprint density at radius 1 is 1.10 bits per heavy atom. The van der Waals surface area contributed by atoms with Crippen molar-refractivity contribution in [3.05, 3.63) is 62.0 Å². The van der Waals surface area contributed by atoms with Gasteiger partial charge in [-0.25, -0.2) is 4.79 Å². The van der Waals surface area contributed by atoms with Gasteiger partial charge in [0.1, 0.15) is 0 Å². The number of rotatable bonds is 3. The lowest BCUT2D eigenvalue weighted by Gasteiger charge is -2.10. The van der Waals surface area contributed by atoms with Crippen molar-refractivity contribution in [1.82, 2.24) is 0 Å². The predicted octanol–water partition coefficient (Wildman–Crippen LogP) is 4.71. The number of carboxylic acids is 1. The largest absolute Gasteiger partial charge is 0.478 e. The molecule has 0 aliphatic carbocycles. The van der Waals surface area contributed by atoms with Gasteiger partial charge in [-0.05, 0) is 46.3 Å². The first-order chi connectivity index (χ1) is 9.90. The molecule has 0 unspecified atom stereocenters. The number of aromatic carboxylic acids is 1. The van der Waals surface area contributed by atoms with Crippen LogP contribution in [0.25, 0.3) is 0 Å². The van der Waals surface area contributed by atoms with E-state index in [0.29, 0.717) is 15.1 Å². The molecule has 0 radical (unpaired) electrons. The summed E-state index contributed by atoms with van der Waals surface area (Å²) in [4.78, 5) is 23.3. The fourth-order valence-corrected chi connectivity index (χ4v) is 2.30. The Bertz CT molecular complexity index is 734. The van der Waals surface area contributed by atoms with Gasteiger partial charge in [0.05, 0.1) is 21.3 Å². The molecule has 0 atom stereocenters. The predicted molar refractivity (Wildman–Crippen MR) is 85.5 cm³/mol. The summed E-state index contributed by atoms with van der Waals surface area (Å²) in [7, 11) is 0. The maximum Gasteiger partial charge on any atom is 0.337 e. The van der Waals surface area contributed by atoms with Gasteiger partial charge < -0.3 is 10.4 Å². The van der Waals surface area contributed by atoms with E-state index in [9.17, 15) is 9.59 Å². The Morgan fingerprint density at radius 3 is 2.43 bits per heavy atom. The molecule has 0 bridgehead atoms. The summed E-state index contributed by atoms with van der Waals surface area (Å²) in [5, 5.41) is 12.1. The van der Waals surface area contributed by atoms with Crippen molar-refractivity contribution in [3.8, 4) is 0 Å². The normalized spacial score (nSPS) is 10.2. The highest BCUT2D eigenvalue weighted by atomic mass is 79.9. The molecule has 2 aromatic rings. The van der Waals surface area contributed by atoms with Gasteiger partial charge in [0.2, 0.25) is 0 Å². The summed E-state index contributed by atoms with van der Waals surface area (Å²) in [5.74, 6) is -1.68. The van der Waals surface area contributed by atoms with E-state index in [0.717, 1.165) is 0 Å². The highest BCUT2D eigenvalue weighted by Crippen LogP contribution is 2.28. The quantitative estimate of drug-likeness (QED) is 0.800. The van der Waals surface area contributed by atoms with Crippen molar-refractivity contribution < 1.29 is 14.7 Å². The number of anilines is 1. The number of carbonyl (C=O) groups excluding carboxylic acids is 1. The molecule has 0 saturated heterocycles. The average molecular weight is 389 g/mol. The molecule has 21 heavy (non-hydrogen) atoms. The molecule has 0 saturated carbocycles. The van der Waals surface area contributed by atoms with Crippen LogP contribution in [0, 0.1) is 0 Å². The molecule has 0 aromatic heterocycles. The SMILES string of the molecule is O=C(Nc1c(Cl)cccc1C(=O)O)c1ccc(Br)c(Cl)c1. The molecule has 2 rings (SSSR count). The average Bonchev–Trinajstić information content (AvgIpc) is 2.43. The van der Waals surface area contributed by atoms with E-state index < -0.39 is 11.9 Å². The second kappa shape index (κ2) is 6.47. The fraction of sp³-hybridized carbons (Fsp3) is 0. The minimum atomic E-state index is -1.18. The summed E-state index contributed by atoms with van der Waals surface area (Å²) in [6.45, 7) is 0. The summed E-state index contributed by atoms with van der Waals surface area (Å²) in [6.07, 6.45) is 0. The maximum atomic E-state index is 12.2. The van der Waals surface area contributed by atoms with Gasteiger partial charge in [-0.1, -0.05) is 29.3 Å². The molecule has 1 amide bonds. The van der Waals surface area contributed by atoms with Crippen molar-refractivity contribution in [2.75, 3.05) is 5.32 Å². The maximum absolute atomic E-state index is 12.2. The van der Waals surface area contributed by atoms with Crippen LogP contribution in [-0.4, -0.2) is 17.0 Å². The number of hydrogen-bond acceptors (Lipinski definition) is 2. The topological polar surface area (TPSA) is 66.4 Å². The number of benzene rings is 2. The summed E-state index contributed by atoms with van der Waals surface area (Å²) >= 11 is 15.1. The third-order valence-corrected chi connectivity index (χ3v) is 4.21. The van der Waals surface area contributed by atoms with E-state index in [4.69, 9.17) is 28.3 Å². The smallest absolute Gasteiger partial charge is 0.337 e. The molecular weight excluding hydrogens is 381 g/mol. The zero-order valence-corrected chi connectivity index (χ0v) is 13.5. The van der Waals surface area contributed by atoms with Crippen LogP contribution < -0.4 is 5.32 Å². The number of amides is 1. The molecule has 2 aromatic carbocycles.